The van der Waals surface area contributed by atoms with E-state index in [1.54, 1.807) is 12.1 Å². The van der Waals surface area contributed by atoms with Gasteiger partial charge in [0.2, 0.25) is 0 Å². The predicted molar refractivity (Wildman–Crippen MR) is 56.5 cm³/mol. The van der Waals surface area contributed by atoms with Crippen LogP contribution in [0, 0.1) is 17.0 Å². The number of nitro groups is 1. The van der Waals surface area contributed by atoms with Gasteiger partial charge in [-0.3, -0.25) is 10.1 Å². The molecule has 0 aromatic heterocycles. The molecule has 0 aliphatic carbocycles. The Hall–Kier alpha value is -1.38. The van der Waals surface area contributed by atoms with Crippen LogP contribution in [0.3, 0.4) is 0 Å². The van der Waals surface area contributed by atoms with Crippen molar-refractivity contribution in [3.63, 3.8) is 0 Å². The average Bonchev–Trinajstić information content (AvgIpc) is 2.01. The van der Waals surface area contributed by atoms with Crippen molar-refractivity contribution in [3.05, 3.63) is 39.4 Å². The summed E-state index contributed by atoms with van der Waals surface area (Å²) in [4.78, 5) is 10.2. The number of benzene rings is 1. The summed E-state index contributed by atoms with van der Waals surface area (Å²) in [6.07, 6.45) is 0. The van der Waals surface area contributed by atoms with Crippen LogP contribution in [-0.4, -0.2) is 4.92 Å². The SMILES string of the molecule is Cc1cc([N+](=O)[O-])ccc1C(C)(C)C. The van der Waals surface area contributed by atoms with Crippen molar-refractivity contribution in [1.82, 2.24) is 0 Å². The maximum atomic E-state index is 10.5. The van der Waals surface area contributed by atoms with Crippen molar-refractivity contribution in [2.24, 2.45) is 0 Å². The van der Waals surface area contributed by atoms with Gasteiger partial charge < -0.3 is 0 Å². The molecule has 76 valence electrons. The van der Waals surface area contributed by atoms with Crippen LogP contribution >= 0.6 is 0 Å². The molecule has 0 aliphatic heterocycles. The molecule has 3 heteroatoms. The summed E-state index contributed by atoms with van der Waals surface area (Å²) < 4.78 is 0. The molecule has 0 N–H and O–H groups in total. The van der Waals surface area contributed by atoms with Crippen molar-refractivity contribution in [3.8, 4) is 0 Å². The fraction of sp³-hybridized carbons (Fsp3) is 0.455. The monoisotopic (exact) mass is 193 g/mol. The second-order valence-electron chi connectivity index (χ2n) is 4.51. The minimum atomic E-state index is -0.362. The summed E-state index contributed by atoms with van der Waals surface area (Å²) in [5, 5.41) is 10.5. The fourth-order valence-corrected chi connectivity index (χ4v) is 1.60. The Morgan fingerprint density at radius 3 is 2.21 bits per heavy atom. The lowest BCUT2D eigenvalue weighted by atomic mass is 9.84. The van der Waals surface area contributed by atoms with Gasteiger partial charge in [-0.25, -0.2) is 0 Å². The molecular weight excluding hydrogens is 178 g/mol. The molecule has 0 unspecified atom stereocenters. The van der Waals surface area contributed by atoms with Crippen molar-refractivity contribution < 1.29 is 4.92 Å². The molecule has 0 amide bonds. The van der Waals surface area contributed by atoms with E-state index in [1.165, 1.54) is 0 Å². The Morgan fingerprint density at radius 2 is 1.86 bits per heavy atom. The number of non-ortho nitro benzene ring substituents is 1. The van der Waals surface area contributed by atoms with Gasteiger partial charge in [0.15, 0.2) is 0 Å². The van der Waals surface area contributed by atoms with E-state index in [2.05, 4.69) is 20.8 Å². The first kappa shape index (κ1) is 10.7. The first-order valence-electron chi connectivity index (χ1n) is 4.58. The Bertz CT molecular complexity index is 364. The third kappa shape index (κ3) is 2.10. The second-order valence-corrected chi connectivity index (χ2v) is 4.51. The zero-order valence-corrected chi connectivity index (χ0v) is 9.00. The summed E-state index contributed by atoms with van der Waals surface area (Å²) in [6.45, 7) is 8.21. The lowest BCUT2D eigenvalue weighted by Crippen LogP contribution is -2.12. The molecule has 1 rings (SSSR count). The molecule has 1 aromatic carbocycles. The van der Waals surface area contributed by atoms with Crippen molar-refractivity contribution in [2.45, 2.75) is 33.1 Å². The van der Waals surface area contributed by atoms with Crippen molar-refractivity contribution in [1.29, 1.82) is 0 Å². The third-order valence-corrected chi connectivity index (χ3v) is 2.23. The quantitative estimate of drug-likeness (QED) is 0.507. The van der Waals surface area contributed by atoms with E-state index in [0.29, 0.717) is 0 Å². The zero-order valence-electron chi connectivity index (χ0n) is 9.00. The number of rotatable bonds is 1. The van der Waals surface area contributed by atoms with E-state index < -0.39 is 0 Å². The minimum Gasteiger partial charge on any atom is -0.258 e. The molecule has 0 aliphatic rings. The molecule has 3 nitrogen and oxygen atoms in total. The van der Waals surface area contributed by atoms with E-state index in [4.69, 9.17) is 0 Å². The van der Waals surface area contributed by atoms with Gasteiger partial charge in [0.1, 0.15) is 0 Å². The van der Waals surface area contributed by atoms with Gasteiger partial charge in [0.25, 0.3) is 5.69 Å². The normalized spacial score (nSPS) is 11.4. The van der Waals surface area contributed by atoms with Gasteiger partial charge in [-0.05, 0) is 23.5 Å². The Morgan fingerprint density at radius 1 is 1.29 bits per heavy atom. The molecule has 0 atom stereocenters. The summed E-state index contributed by atoms with van der Waals surface area (Å²) in [7, 11) is 0. The summed E-state index contributed by atoms with van der Waals surface area (Å²) >= 11 is 0. The zero-order chi connectivity index (χ0) is 10.9. The van der Waals surface area contributed by atoms with Crippen LogP contribution in [0.15, 0.2) is 18.2 Å². The topological polar surface area (TPSA) is 43.1 Å². The summed E-state index contributed by atoms with van der Waals surface area (Å²) in [5.41, 5.74) is 2.34. The Balaban J connectivity index is 3.21. The van der Waals surface area contributed by atoms with Crippen LogP contribution in [0.5, 0.6) is 0 Å². The van der Waals surface area contributed by atoms with E-state index >= 15 is 0 Å². The van der Waals surface area contributed by atoms with Gasteiger partial charge in [-0.1, -0.05) is 26.8 Å². The number of nitrogens with zero attached hydrogens (tertiary/aromatic N) is 1. The van der Waals surface area contributed by atoms with E-state index in [0.717, 1.165) is 11.1 Å². The smallest absolute Gasteiger partial charge is 0.258 e. The fourth-order valence-electron chi connectivity index (χ4n) is 1.60. The number of hydrogen-bond acceptors (Lipinski definition) is 2. The van der Waals surface area contributed by atoms with E-state index in [9.17, 15) is 10.1 Å². The first-order valence-corrected chi connectivity index (χ1v) is 4.58. The molecule has 0 heterocycles. The lowest BCUT2D eigenvalue weighted by molar-refractivity contribution is -0.384. The molecule has 0 saturated carbocycles. The molecule has 0 saturated heterocycles. The van der Waals surface area contributed by atoms with Crippen LogP contribution in [0.2, 0.25) is 0 Å². The third-order valence-electron chi connectivity index (χ3n) is 2.23. The van der Waals surface area contributed by atoms with E-state index in [-0.39, 0.29) is 16.0 Å². The maximum absolute atomic E-state index is 10.5. The highest BCUT2D eigenvalue weighted by Crippen LogP contribution is 2.27. The van der Waals surface area contributed by atoms with Crippen LogP contribution in [0.1, 0.15) is 31.9 Å². The number of hydrogen-bond donors (Lipinski definition) is 0. The molecule has 1 aromatic rings. The standard InChI is InChI=1S/C11H15NO2/c1-8-7-9(12(13)14)5-6-10(8)11(2,3)4/h5-7H,1-4H3. The summed E-state index contributed by atoms with van der Waals surface area (Å²) in [6, 6.07) is 5.03. The second kappa shape index (κ2) is 3.40. The molecule has 0 spiro atoms. The van der Waals surface area contributed by atoms with Gasteiger partial charge >= 0.3 is 0 Å². The average molecular weight is 193 g/mol. The molecule has 0 radical (unpaired) electrons. The van der Waals surface area contributed by atoms with Crippen LogP contribution in [0.4, 0.5) is 5.69 Å². The molecular formula is C11H15NO2. The van der Waals surface area contributed by atoms with Gasteiger partial charge in [-0.2, -0.15) is 0 Å². The first-order chi connectivity index (χ1) is 6.32. The predicted octanol–water partition coefficient (Wildman–Crippen LogP) is 3.20. The van der Waals surface area contributed by atoms with Crippen molar-refractivity contribution >= 4 is 5.69 Å². The van der Waals surface area contributed by atoms with Crippen LogP contribution in [0.25, 0.3) is 0 Å². The highest BCUT2D eigenvalue weighted by molar-refractivity contribution is 5.41. The number of aryl methyl sites for hydroxylation is 1. The van der Waals surface area contributed by atoms with Crippen molar-refractivity contribution in [2.75, 3.05) is 0 Å². The lowest BCUT2D eigenvalue weighted by Gasteiger charge is -2.21. The molecule has 0 bridgehead atoms. The highest BCUT2D eigenvalue weighted by atomic mass is 16.6. The Labute approximate surface area is 83.9 Å². The number of nitro benzene ring substituents is 1. The van der Waals surface area contributed by atoms with Gasteiger partial charge in [0, 0.05) is 12.1 Å². The van der Waals surface area contributed by atoms with Gasteiger partial charge in [-0.15, -0.1) is 0 Å². The Kier molecular flexibility index (Phi) is 2.60. The largest absolute Gasteiger partial charge is 0.269 e. The summed E-state index contributed by atoms with van der Waals surface area (Å²) in [5.74, 6) is 0. The van der Waals surface area contributed by atoms with Gasteiger partial charge in [0.05, 0.1) is 4.92 Å². The molecule has 0 fully saturated rings. The maximum Gasteiger partial charge on any atom is 0.269 e. The minimum absolute atomic E-state index is 0.0409. The highest BCUT2D eigenvalue weighted by Gasteiger charge is 2.18. The van der Waals surface area contributed by atoms with Crippen LogP contribution < -0.4 is 0 Å². The van der Waals surface area contributed by atoms with E-state index in [1.807, 2.05) is 13.0 Å². The van der Waals surface area contributed by atoms with Crippen LogP contribution in [-0.2, 0) is 5.41 Å². The molecule has 14 heavy (non-hydrogen) atoms.